The van der Waals surface area contributed by atoms with Gasteiger partial charge >= 0.3 is 0 Å². The molecule has 0 heterocycles. The normalized spacial score (nSPS) is 15.3. The maximum absolute atomic E-state index is 9.49. The molecule has 0 bridgehead atoms. The zero-order valence-electron chi connectivity index (χ0n) is 13.4. The fourth-order valence-corrected chi connectivity index (χ4v) is 3.19. The topological polar surface area (TPSA) is 23.8 Å². The molecule has 2 atom stereocenters. The Morgan fingerprint density at radius 3 is 2.35 bits per heavy atom. The van der Waals surface area contributed by atoms with Crippen LogP contribution in [0.1, 0.15) is 64.9 Å². The van der Waals surface area contributed by atoms with Gasteiger partial charge in [0.2, 0.25) is 0 Å². The lowest BCUT2D eigenvalue weighted by atomic mass is 9.73. The SMILES string of the molecule is CCCCC(C)(CCC)CC(C#N)Cc1ccccc1. The minimum absolute atomic E-state index is 0.144. The van der Waals surface area contributed by atoms with Gasteiger partial charge in [0.25, 0.3) is 0 Å². The highest BCUT2D eigenvalue weighted by Gasteiger charge is 2.27. The van der Waals surface area contributed by atoms with E-state index in [1.165, 1.54) is 37.7 Å². The number of hydrogen-bond acceptors (Lipinski definition) is 1. The molecule has 1 aromatic rings. The maximum atomic E-state index is 9.49. The van der Waals surface area contributed by atoms with E-state index in [4.69, 9.17) is 0 Å². The third-order valence-electron chi connectivity index (χ3n) is 4.23. The van der Waals surface area contributed by atoms with Gasteiger partial charge in [-0.3, -0.25) is 0 Å². The van der Waals surface area contributed by atoms with E-state index in [-0.39, 0.29) is 5.92 Å². The van der Waals surface area contributed by atoms with Crippen LogP contribution >= 0.6 is 0 Å². The van der Waals surface area contributed by atoms with Crippen LogP contribution in [0.2, 0.25) is 0 Å². The van der Waals surface area contributed by atoms with Crippen molar-refractivity contribution in [2.24, 2.45) is 11.3 Å². The second-order valence-electron chi connectivity index (χ2n) is 6.38. The van der Waals surface area contributed by atoms with E-state index in [2.05, 4.69) is 51.1 Å². The Hall–Kier alpha value is -1.29. The molecular formula is C19H29N. The largest absolute Gasteiger partial charge is 0.198 e. The van der Waals surface area contributed by atoms with Gasteiger partial charge in [-0.05, 0) is 36.7 Å². The van der Waals surface area contributed by atoms with Crippen LogP contribution in [0.4, 0.5) is 0 Å². The quantitative estimate of drug-likeness (QED) is 0.560. The molecule has 110 valence electrons. The summed E-state index contributed by atoms with van der Waals surface area (Å²) in [6.45, 7) is 6.88. The molecule has 0 saturated heterocycles. The summed E-state index contributed by atoms with van der Waals surface area (Å²) in [6.07, 6.45) is 8.15. The molecule has 1 heteroatoms. The van der Waals surface area contributed by atoms with Crippen molar-refractivity contribution < 1.29 is 0 Å². The summed E-state index contributed by atoms with van der Waals surface area (Å²) in [5.41, 5.74) is 1.62. The van der Waals surface area contributed by atoms with E-state index in [0.717, 1.165) is 12.8 Å². The molecule has 0 fully saturated rings. The molecule has 0 radical (unpaired) electrons. The van der Waals surface area contributed by atoms with Gasteiger partial charge in [-0.25, -0.2) is 0 Å². The van der Waals surface area contributed by atoms with E-state index in [1.807, 2.05) is 6.07 Å². The monoisotopic (exact) mass is 271 g/mol. The predicted molar refractivity (Wildman–Crippen MR) is 86.4 cm³/mol. The average molecular weight is 271 g/mol. The summed E-state index contributed by atoms with van der Waals surface area (Å²) in [6, 6.07) is 13.0. The summed E-state index contributed by atoms with van der Waals surface area (Å²) >= 11 is 0. The van der Waals surface area contributed by atoms with Gasteiger partial charge in [0.15, 0.2) is 0 Å². The van der Waals surface area contributed by atoms with Crippen LogP contribution < -0.4 is 0 Å². The molecule has 0 amide bonds. The second kappa shape index (κ2) is 8.80. The molecule has 0 aliphatic heterocycles. The minimum atomic E-state index is 0.144. The number of hydrogen-bond donors (Lipinski definition) is 0. The van der Waals surface area contributed by atoms with Crippen LogP contribution in [-0.4, -0.2) is 0 Å². The molecule has 0 saturated carbocycles. The van der Waals surface area contributed by atoms with Gasteiger partial charge in [0.05, 0.1) is 12.0 Å². The lowest BCUT2D eigenvalue weighted by Gasteiger charge is -2.31. The van der Waals surface area contributed by atoms with Crippen molar-refractivity contribution in [3.63, 3.8) is 0 Å². The predicted octanol–water partition coefficient (Wildman–Crippen LogP) is 5.76. The van der Waals surface area contributed by atoms with Crippen molar-refractivity contribution in [3.05, 3.63) is 35.9 Å². The van der Waals surface area contributed by atoms with Crippen LogP contribution in [0.5, 0.6) is 0 Å². The Bertz CT molecular complexity index is 404. The maximum Gasteiger partial charge on any atom is 0.0659 e. The van der Waals surface area contributed by atoms with Crippen LogP contribution in [0.25, 0.3) is 0 Å². The molecule has 0 aromatic heterocycles. The van der Waals surface area contributed by atoms with Gasteiger partial charge in [-0.15, -0.1) is 0 Å². The molecule has 0 aliphatic rings. The third-order valence-corrected chi connectivity index (χ3v) is 4.23. The summed E-state index contributed by atoms with van der Waals surface area (Å²) in [4.78, 5) is 0. The van der Waals surface area contributed by atoms with Crippen LogP contribution in [0, 0.1) is 22.7 Å². The van der Waals surface area contributed by atoms with Gasteiger partial charge < -0.3 is 0 Å². The average Bonchev–Trinajstić information content (AvgIpc) is 2.46. The van der Waals surface area contributed by atoms with E-state index < -0.39 is 0 Å². The minimum Gasteiger partial charge on any atom is -0.198 e. The van der Waals surface area contributed by atoms with Crippen LogP contribution in [0.3, 0.4) is 0 Å². The lowest BCUT2D eigenvalue weighted by Crippen LogP contribution is -2.21. The van der Waals surface area contributed by atoms with Crippen molar-refractivity contribution in [1.82, 2.24) is 0 Å². The first-order valence-electron chi connectivity index (χ1n) is 8.07. The second-order valence-corrected chi connectivity index (χ2v) is 6.38. The highest BCUT2D eigenvalue weighted by atomic mass is 14.3. The molecule has 2 unspecified atom stereocenters. The standard InChI is InChI=1S/C19H29N/c1-4-6-13-19(3,12-5-2)15-18(16-20)14-17-10-8-7-9-11-17/h7-11,18H,4-6,12-15H2,1-3H3. The Kier molecular flexibility index (Phi) is 7.37. The van der Waals surface area contributed by atoms with Gasteiger partial charge in [-0.1, -0.05) is 70.4 Å². The number of rotatable bonds is 9. The van der Waals surface area contributed by atoms with Crippen molar-refractivity contribution in [2.45, 2.75) is 65.7 Å². The molecule has 1 aromatic carbocycles. The Balaban J connectivity index is 2.66. The molecule has 20 heavy (non-hydrogen) atoms. The zero-order valence-corrected chi connectivity index (χ0v) is 13.4. The van der Waals surface area contributed by atoms with Crippen molar-refractivity contribution in [1.29, 1.82) is 5.26 Å². The number of nitrogens with zero attached hydrogens (tertiary/aromatic N) is 1. The first-order valence-corrected chi connectivity index (χ1v) is 8.07. The Morgan fingerprint density at radius 2 is 1.80 bits per heavy atom. The van der Waals surface area contributed by atoms with Crippen molar-refractivity contribution >= 4 is 0 Å². The lowest BCUT2D eigenvalue weighted by molar-refractivity contribution is 0.214. The van der Waals surface area contributed by atoms with E-state index in [9.17, 15) is 5.26 Å². The van der Waals surface area contributed by atoms with Crippen LogP contribution in [0.15, 0.2) is 30.3 Å². The molecule has 0 spiro atoms. The summed E-state index contributed by atoms with van der Waals surface area (Å²) in [5, 5.41) is 9.49. The molecule has 0 N–H and O–H groups in total. The highest BCUT2D eigenvalue weighted by Crippen LogP contribution is 2.37. The van der Waals surface area contributed by atoms with E-state index >= 15 is 0 Å². The summed E-state index contributed by atoms with van der Waals surface area (Å²) in [7, 11) is 0. The molecule has 1 nitrogen and oxygen atoms in total. The van der Waals surface area contributed by atoms with Gasteiger partial charge in [0, 0.05) is 0 Å². The summed E-state index contributed by atoms with van der Waals surface area (Å²) in [5.74, 6) is 0.144. The first kappa shape index (κ1) is 16.8. The van der Waals surface area contributed by atoms with Crippen LogP contribution in [-0.2, 0) is 6.42 Å². The number of benzene rings is 1. The fourth-order valence-electron chi connectivity index (χ4n) is 3.19. The summed E-state index contributed by atoms with van der Waals surface area (Å²) < 4.78 is 0. The fraction of sp³-hybridized carbons (Fsp3) is 0.632. The van der Waals surface area contributed by atoms with Gasteiger partial charge in [-0.2, -0.15) is 5.26 Å². The smallest absolute Gasteiger partial charge is 0.0659 e. The van der Waals surface area contributed by atoms with E-state index in [1.54, 1.807) is 0 Å². The first-order chi connectivity index (χ1) is 9.63. The number of unbranched alkanes of at least 4 members (excludes halogenated alkanes) is 1. The van der Waals surface area contributed by atoms with Gasteiger partial charge in [0.1, 0.15) is 0 Å². The van der Waals surface area contributed by atoms with E-state index in [0.29, 0.717) is 5.41 Å². The molecular weight excluding hydrogens is 242 g/mol. The Labute approximate surface area is 125 Å². The third kappa shape index (κ3) is 5.78. The molecule has 0 aliphatic carbocycles. The van der Waals surface area contributed by atoms with Crippen molar-refractivity contribution in [2.75, 3.05) is 0 Å². The van der Waals surface area contributed by atoms with Crippen molar-refractivity contribution in [3.8, 4) is 6.07 Å². The number of nitriles is 1. The highest BCUT2D eigenvalue weighted by molar-refractivity contribution is 5.16. The molecule has 1 rings (SSSR count). The zero-order chi connectivity index (χ0) is 14.8. The Morgan fingerprint density at radius 1 is 1.10 bits per heavy atom.